The summed E-state index contributed by atoms with van der Waals surface area (Å²) in [6, 6.07) is 14.3. The largest absolute Gasteiger partial charge is 0.465 e. The van der Waals surface area contributed by atoms with Crippen molar-refractivity contribution in [2.45, 2.75) is 32.7 Å². The van der Waals surface area contributed by atoms with Crippen LogP contribution in [0.2, 0.25) is 0 Å². The van der Waals surface area contributed by atoms with Crippen LogP contribution in [0.15, 0.2) is 71.0 Å². The standard InChI is InChI=1S/C28H28N4O5/c1-16(2)14-32-20-11-6-5-10-19(20)28(27(32)35)22-21(37-24(29)23(28)26(34)36-4)13-17(3)31(25(22)33)15-18-9-7-8-12-30-18/h5-13,16H,14-15,29H2,1-4H3. The molecule has 37 heavy (non-hydrogen) atoms. The number of methoxy groups -OCH3 is 1. The van der Waals surface area contributed by atoms with Crippen LogP contribution in [0.25, 0.3) is 0 Å². The third-order valence-corrected chi connectivity index (χ3v) is 6.84. The van der Waals surface area contributed by atoms with Gasteiger partial charge < -0.3 is 24.7 Å². The molecule has 190 valence electrons. The van der Waals surface area contributed by atoms with Crippen molar-refractivity contribution in [1.82, 2.24) is 9.55 Å². The number of benzene rings is 1. The molecule has 1 aromatic carbocycles. The topological polar surface area (TPSA) is 117 Å². The van der Waals surface area contributed by atoms with Gasteiger partial charge in [0.15, 0.2) is 0 Å². The highest BCUT2D eigenvalue weighted by Gasteiger charge is 2.62. The Kier molecular flexibility index (Phi) is 5.86. The summed E-state index contributed by atoms with van der Waals surface area (Å²) in [6.45, 7) is 6.32. The fraction of sp³-hybridized carbons (Fsp3) is 0.286. The number of aryl methyl sites for hydroxylation is 1. The van der Waals surface area contributed by atoms with Gasteiger partial charge in [0, 0.05) is 35.8 Å². The molecule has 2 aliphatic heterocycles. The van der Waals surface area contributed by atoms with E-state index in [4.69, 9.17) is 15.2 Å². The van der Waals surface area contributed by atoms with Gasteiger partial charge in [-0.3, -0.25) is 14.6 Å². The number of pyridine rings is 2. The van der Waals surface area contributed by atoms with Gasteiger partial charge in [0.2, 0.25) is 11.8 Å². The number of nitrogens with two attached hydrogens (primary N) is 1. The molecular formula is C28H28N4O5. The zero-order valence-corrected chi connectivity index (χ0v) is 21.1. The number of amides is 1. The van der Waals surface area contributed by atoms with Gasteiger partial charge in [-0.1, -0.05) is 38.1 Å². The van der Waals surface area contributed by atoms with Gasteiger partial charge in [-0.05, 0) is 31.0 Å². The maximum absolute atomic E-state index is 14.5. The van der Waals surface area contributed by atoms with E-state index in [9.17, 15) is 14.4 Å². The second kappa shape index (κ2) is 8.92. The molecule has 9 nitrogen and oxygen atoms in total. The van der Waals surface area contributed by atoms with E-state index in [2.05, 4.69) is 4.98 Å². The Morgan fingerprint density at radius 1 is 1.16 bits per heavy atom. The Labute approximate surface area is 214 Å². The Hall–Kier alpha value is -4.40. The normalized spacial score (nSPS) is 18.2. The molecule has 1 unspecified atom stereocenters. The minimum absolute atomic E-state index is 0.0346. The van der Waals surface area contributed by atoms with Crippen molar-refractivity contribution in [2.24, 2.45) is 11.7 Å². The number of para-hydroxylation sites is 1. The highest BCUT2D eigenvalue weighted by molar-refractivity contribution is 6.18. The summed E-state index contributed by atoms with van der Waals surface area (Å²) in [6.07, 6.45) is 1.65. The summed E-state index contributed by atoms with van der Waals surface area (Å²) < 4.78 is 12.5. The number of hydrogen-bond acceptors (Lipinski definition) is 7. The molecule has 1 spiro atoms. The lowest BCUT2D eigenvalue weighted by molar-refractivity contribution is -0.138. The third kappa shape index (κ3) is 3.53. The molecule has 5 rings (SSSR count). The Morgan fingerprint density at radius 3 is 2.57 bits per heavy atom. The monoisotopic (exact) mass is 500 g/mol. The number of carbonyl (C=O) groups is 2. The smallest absolute Gasteiger partial charge is 0.340 e. The number of fused-ring (bicyclic) bond motifs is 4. The van der Waals surface area contributed by atoms with E-state index < -0.39 is 22.9 Å². The number of aromatic nitrogens is 2. The number of esters is 1. The average molecular weight is 501 g/mol. The van der Waals surface area contributed by atoms with Crippen LogP contribution >= 0.6 is 0 Å². The zero-order chi connectivity index (χ0) is 26.5. The maximum atomic E-state index is 14.5. The summed E-state index contributed by atoms with van der Waals surface area (Å²) in [4.78, 5) is 48.1. The maximum Gasteiger partial charge on any atom is 0.340 e. The summed E-state index contributed by atoms with van der Waals surface area (Å²) in [5.41, 5.74) is 6.22. The highest BCUT2D eigenvalue weighted by atomic mass is 16.5. The molecule has 0 radical (unpaired) electrons. The highest BCUT2D eigenvalue weighted by Crippen LogP contribution is 2.54. The number of hydrogen-bond donors (Lipinski definition) is 1. The first-order chi connectivity index (χ1) is 17.7. The van der Waals surface area contributed by atoms with Gasteiger partial charge in [-0.15, -0.1) is 0 Å². The number of anilines is 1. The lowest BCUT2D eigenvalue weighted by atomic mass is 9.68. The van der Waals surface area contributed by atoms with Crippen molar-refractivity contribution < 1.29 is 19.1 Å². The minimum atomic E-state index is -1.83. The fourth-order valence-electron chi connectivity index (χ4n) is 5.33. The SMILES string of the molecule is COC(=O)C1=C(N)Oc2cc(C)n(Cc3ccccn3)c(=O)c2C12C(=O)N(CC(C)C)c1ccccc12. The first-order valence-corrected chi connectivity index (χ1v) is 12.0. The number of ether oxygens (including phenoxy) is 2. The second-order valence-electron chi connectivity index (χ2n) is 9.65. The first-order valence-electron chi connectivity index (χ1n) is 12.0. The van der Waals surface area contributed by atoms with Crippen LogP contribution in [0.5, 0.6) is 5.75 Å². The van der Waals surface area contributed by atoms with Crippen molar-refractivity contribution in [1.29, 1.82) is 0 Å². The number of carbonyl (C=O) groups excluding carboxylic acids is 2. The summed E-state index contributed by atoms with van der Waals surface area (Å²) in [5.74, 6) is -1.29. The van der Waals surface area contributed by atoms with E-state index in [1.54, 1.807) is 42.3 Å². The van der Waals surface area contributed by atoms with Crippen LogP contribution in [0.4, 0.5) is 5.69 Å². The number of nitrogens with zero attached hydrogens (tertiary/aromatic N) is 3. The van der Waals surface area contributed by atoms with Crippen molar-refractivity contribution in [3.05, 3.63) is 99.1 Å². The minimum Gasteiger partial charge on any atom is -0.465 e. The second-order valence-corrected chi connectivity index (χ2v) is 9.65. The lowest BCUT2D eigenvalue weighted by Crippen LogP contribution is -2.52. The van der Waals surface area contributed by atoms with E-state index in [-0.39, 0.29) is 35.2 Å². The van der Waals surface area contributed by atoms with E-state index in [0.29, 0.717) is 29.2 Å². The molecule has 2 N–H and O–H groups in total. The third-order valence-electron chi connectivity index (χ3n) is 6.84. The fourth-order valence-corrected chi connectivity index (χ4v) is 5.33. The van der Waals surface area contributed by atoms with E-state index in [0.717, 1.165) is 0 Å². The molecule has 0 bridgehead atoms. The molecule has 2 aromatic heterocycles. The van der Waals surface area contributed by atoms with Crippen LogP contribution in [-0.2, 0) is 26.3 Å². The van der Waals surface area contributed by atoms with Crippen LogP contribution in [-0.4, -0.2) is 35.1 Å². The van der Waals surface area contributed by atoms with E-state index >= 15 is 0 Å². The van der Waals surface area contributed by atoms with Crippen molar-refractivity contribution in [2.75, 3.05) is 18.6 Å². The summed E-state index contributed by atoms with van der Waals surface area (Å²) in [7, 11) is 1.21. The van der Waals surface area contributed by atoms with Crippen molar-refractivity contribution in [3.8, 4) is 5.75 Å². The lowest BCUT2D eigenvalue weighted by Gasteiger charge is -2.36. The Bertz CT molecular complexity index is 1510. The van der Waals surface area contributed by atoms with Gasteiger partial charge in [0.1, 0.15) is 16.7 Å². The Balaban J connectivity index is 1.87. The van der Waals surface area contributed by atoms with Gasteiger partial charge in [0.25, 0.3) is 5.56 Å². The van der Waals surface area contributed by atoms with Crippen LogP contribution in [0.1, 0.15) is 36.4 Å². The molecule has 1 atom stereocenters. The quantitative estimate of drug-likeness (QED) is 0.535. The number of rotatable bonds is 5. The van der Waals surface area contributed by atoms with Crippen molar-refractivity contribution >= 4 is 17.6 Å². The van der Waals surface area contributed by atoms with Gasteiger partial charge in [-0.2, -0.15) is 0 Å². The van der Waals surface area contributed by atoms with Gasteiger partial charge in [-0.25, -0.2) is 4.79 Å². The van der Waals surface area contributed by atoms with Gasteiger partial charge >= 0.3 is 5.97 Å². The predicted molar refractivity (Wildman–Crippen MR) is 137 cm³/mol. The van der Waals surface area contributed by atoms with Gasteiger partial charge in [0.05, 0.1) is 24.9 Å². The molecule has 2 aliphatic rings. The molecule has 0 saturated carbocycles. The summed E-state index contributed by atoms with van der Waals surface area (Å²) >= 11 is 0. The molecule has 1 amide bonds. The van der Waals surface area contributed by atoms with Crippen LogP contribution in [0.3, 0.4) is 0 Å². The molecule has 0 aliphatic carbocycles. The molecule has 9 heteroatoms. The summed E-state index contributed by atoms with van der Waals surface area (Å²) in [5, 5.41) is 0. The molecule has 4 heterocycles. The predicted octanol–water partition coefficient (Wildman–Crippen LogP) is 2.62. The van der Waals surface area contributed by atoms with E-state index in [1.165, 1.54) is 11.7 Å². The first kappa shape index (κ1) is 24.3. The van der Waals surface area contributed by atoms with E-state index in [1.807, 2.05) is 38.1 Å². The van der Waals surface area contributed by atoms with Crippen LogP contribution in [0, 0.1) is 12.8 Å². The van der Waals surface area contributed by atoms with Crippen molar-refractivity contribution in [3.63, 3.8) is 0 Å². The van der Waals surface area contributed by atoms with Crippen LogP contribution < -0.4 is 20.9 Å². The molecule has 0 fully saturated rings. The molecule has 0 saturated heterocycles. The molecule has 3 aromatic rings. The molecular weight excluding hydrogens is 472 g/mol. The zero-order valence-electron chi connectivity index (χ0n) is 21.1. The Morgan fingerprint density at radius 2 is 1.89 bits per heavy atom. The average Bonchev–Trinajstić information content (AvgIpc) is 3.10.